The van der Waals surface area contributed by atoms with Crippen LogP contribution in [0, 0.1) is 0 Å². The van der Waals surface area contributed by atoms with Gasteiger partial charge in [0.15, 0.2) is 0 Å². The summed E-state index contributed by atoms with van der Waals surface area (Å²) >= 11 is 3.17. The van der Waals surface area contributed by atoms with E-state index in [-0.39, 0.29) is 23.5 Å². The van der Waals surface area contributed by atoms with Crippen molar-refractivity contribution in [3.8, 4) is 5.75 Å². The highest BCUT2D eigenvalue weighted by atomic mass is 79.9. The average molecular weight is 442 g/mol. The second-order valence-corrected chi connectivity index (χ2v) is 7.90. The first-order valence-electron chi connectivity index (χ1n) is 7.83. The van der Waals surface area contributed by atoms with Gasteiger partial charge in [-0.25, -0.2) is 0 Å². The molecule has 0 aliphatic carbocycles. The Hall–Kier alpha value is -1.90. The van der Waals surface area contributed by atoms with E-state index in [9.17, 15) is 18.3 Å². The van der Waals surface area contributed by atoms with Gasteiger partial charge in [0.2, 0.25) is 5.91 Å². The SMILES string of the molecule is CS(=O)(=O)Oc1ccc(C(O)CN(Cc2ccccc2)C(=O)CBr)cc1. The molecule has 0 heterocycles. The summed E-state index contributed by atoms with van der Waals surface area (Å²) in [6.45, 7) is 0.503. The van der Waals surface area contributed by atoms with Crippen LogP contribution >= 0.6 is 15.9 Å². The van der Waals surface area contributed by atoms with Crippen molar-refractivity contribution < 1.29 is 22.5 Å². The third-order valence-corrected chi connectivity index (χ3v) is 4.56. The molecule has 1 amide bonds. The first-order chi connectivity index (χ1) is 12.3. The molecule has 2 rings (SSSR count). The number of carbonyl (C=O) groups is 1. The molecule has 1 unspecified atom stereocenters. The van der Waals surface area contributed by atoms with Gasteiger partial charge in [-0.15, -0.1) is 0 Å². The molecule has 0 saturated carbocycles. The van der Waals surface area contributed by atoms with Crippen LogP contribution in [0.5, 0.6) is 5.75 Å². The summed E-state index contributed by atoms with van der Waals surface area (Å²) < 4.78 is 27.0. The molecule has 0 spiro atoms. The highest BCUT2D eigenvalue weighted by Crippen LogP contribution is 2.20. The van der Waals surface area contributed by atoms with E-state index in [1.807, 2.05) is 30.3 Å². The quantitative estimate of drug-likeness (QED) is 0.502. The van der Waals surface area contributed by atoms with Gasteiger partial charge in [-0.2, -0.15) is 8.42 Å². The Bertz CT molecular complexity index is 824. The van der Waals surface area contributed by atoms with Gasteiger partial charge >= 0.3 is 10.1 Å². The molecule has 2 aromatic carbocycles. The Labute approximate surface area is 161 Å². The summed E-state index contributed by atoms with van der Waals surface area (Å²) in [5, 5.41) is 10.6. The van der Waals surface area contributed by atoms with Crippen molar-refractivity contribution in [2.24, 2.45) is 0 Å². The topological polar surface area (TPSA) is 83.9 Å². The fraction of sp³-hybridized carbons (Fsp3) is 0.278. The van der Waals surface area contributed by atoms with E-state index in [0.29, 0.717) is 12.1 Å². The van der Waals surface area contributed by atoms with E-state index >= 15 is 0 Å². The molecule has 0 aliphatic rings. The molecule has 140 valence electrons. The van der Waals surface area contributed by atoms with Crippen molar-refractivity contribution in [1.82, 2.24) is 4.90 Å². The number of hydrogen-bond donors (Lipinski definition) is 1. The van der Waals surface area contributed by atoms with Crippen molar-refractivity contribution in [1.29, 1.82) is 0 Å². The van der Waals surface area contributed by atoms with Crippen LogP contribution in [-0.2, 0) is 21.5 Å². The number of halogens is 1. The van der Waals surface area contributed by atoms with Crippen LogP contribution in [0.1, 0.15) is 17.2 Å². The smallest absolute Gasteiger partial charge is 0.306 e. The molecule has 0 aromatic heterocycles. The number of rotatable bonds is 8. The number of nitrogens with zero attached hydrogens (tertiary/aromatic N) is 1. The second-order valence-electron chi connectivity index (χ2n) is 5.77. The van der Waals surface area contributed by atoms with E-state index in [0.717, 1.165) is 11.8 Å². The fourth-order valence-corrected chi connectivity index (χ4v) is 3.19. The van der Waals surface area contributed by atoms with Crippen molar-refractivity contribution in [3.05, 3.63) is 65.7 Å². The summed E-state index contributed by atoms with van der Waals surface area (Å²) in [6, 6.07) is 15.6. The first kappa shape index (κ1) is 20.4. The van der Waals surface area contributed by atoms with E-state index in [1.54, 1.807) is 17.0 Å². The molecule has 1 atom stereocenters. The van der Waals surface area contributed by atoms with E-state index < -0.39 is 16.2 Å². The standard InChI is InChI=1S/C18H20BrNO5S/c1-26(23,24)25-16-9-7-15(8-10-16)17(21)13-20(18(22)11-19)12-14-5-3-2-4-6-14/h2-10,17,21H,11-13H2,1H3. The van der Waals surface area contributed by atoms with Gasteiger partial charge in [0.05, 0.1) is 24.2 Å². The minimum Gasteiger partial charge on any atom is -0.387 e. The Morgan fingerprint density at radius 2 is 1.77 bits per heavy atom. The maximum atomic E-state index is 12.2. The van der Waals surface area contributed by atoms with Crippen LogP contribution < -0.4 is 4.18 Å². The zero-order valence-electron chi connectivity index (χ0n) is 14.2. The minimum absolute atomic E-state index is 0.117. The molecule has 0 saturated heterocycles. The maximum absolute atomic E-state index is 12.2. The largest absolute Gasteiger partial charge is 0.387 e. The molecule has 26 heavy (non-hydrogen) atoms. The Morgan fingerprint density at radius 1 is 1.15 bits per heavy atom. The molecule has 6 nitrogen and oxygen atoms in total. The first-order valence-corrected chi connectivity index (χ1v) is 10.8. The lowest BCUT2D eigenvalue weighted by molar-refractivity contribution is -0.130. The van der Waals surface area contributed by atoms with Gasteiger partial charge in [0.1, 0.15) is 5.75 Å². The number of carbonyl (C=O) groups excluding carboxylic acids is 1. The molecule has 8 heteroatoms. The maximum Gasteiger partial charge on any atom is 0.306 e. The van der Waals surface area contributed by atoms with E-state index in [2.05, 4.69) is 15.9 Å². The number of aliphatic hydroxyl groups is 1. The lowest BCUT2D eigenvalue weighted by Crippen LogP contribution is -2.35. The van der Waals surface area contributed by atoms with Gasteiger partial charge in [-0.1, -0.05) is 58.4 Å². The van der Waals surface area contributed by atoms with Crippen LogP contribution in [0.4, 0.5) is 0 Å². The number of hydrogen-bond acceptors (Lipinski definition) is 5. The zero-order chi connectivity index (χ0) is 19.2. The predicted molar refractivity (Wildman–Crippen MR) is 103 cm³/mol. The Morgan fingerprint density at radius 3 is 2.31 bits per heavy atom. The fourth-order valence-electron chi connectivity index (χ4n) is 2.38. The van der Waals surface area contributed by atoms with Gasteiger partial charge in [0.25, 0.3) is 0 Å². The molecule has 1 N–H and O–H groups in total. The van der Waals surface area contributed by atoms with E-state index in [1.165, 1.54) is 12.1 Å². The van der Waals surface area contributed by atoms with Gasteiger partial charge in [0, 0.05) is 6.54 Å². The summed E-state index contributed by atoms with van der Waals surface area (Å²) in [4.78, 5) is 13.7. The van der Waals surface area contributed by atoms with Crippen molar-refractivity contribution >= 4 is 32.0 Å². The molecule has 0 fully saturated rings. The molecule has 0 aliphatic heterocycles. The van der Waals surface area contributed by atoms with Crippen LogP contribution in [0.15, 0.2) is 54.6 Å². The second kappa shape index (κ2) is 9.16. The monoisotopic (exact) mass is 441 g/mol. The van der Waals surface area contributed by atoms with Crippen molar-refractivity contribution in [3.63, 3.8) is 0 Å². The predicted octanol–water partition coefficient (Wildman–Crippen LogP) is 2.48. The van der Waals surface area contributed by atoms with Crippen molar-refractivity contribution in [2.75, 3.05) is 18.1 Å². The molecular weight excluding hydrogens is 422 g/mol. The molecule has 2 aromatic rings. The minimum atomic E-state index is -3.60. The Balaban J connectivity index is 2.08. The summed E-state index contributed by atoms with van der Waals surface area (Å²) in [5.41, 5.74) is 1.53. The summed E-state index contributed by atoms with van der Waals surface area (Å²) in [6.07, 6.45) is 0.0531. The van der Waals surface area contributed by atoms with E-state index in [4.69, 9.17) is 4.18 Å². The van der Waals surface area contributed by atoms with Crippen LogP contribution in [0.2, 0.25) is 0 Å². The highest BCUT2D eigenvalue weighted by molar-refractivity contribution is 9.09. The zero-order valence-corrected chi connectivity index (χ0v) is 16.6. The molecule has 0 bridgehead atoms. The summed E-state index contributed by atoms with van der Waals surface area (Å²) in [7, 11) is -3.60. The lowest BCUT2D eigenvalue weighted by Gasteiger charge is -2.25. The number of benzene rings is 2. The number of aliphatic hydroxyl groups excluding tert-OH is 1. The Kier molecular flexibility index (Phi) is 7.19. The third kappa shape index (κ3) is 6.44. The van der Waals surface area contributed by atoms with Gasteiger partial charge < -0.3 is 14.2 Å². The average Bonchev–Trinajstić information content (AvgIpc) is 2.60. The van der Waals surface area contributed by atoms with Crippen molar-refractivity contribution in [2.45, 2.75) is 12.6 Å². The summed E-state index contributed by atoms with van der Waals surface area (Å²) in [5.74, 6) is 0.0334. The van der Waals surface area contributed by atoms with Gasteiger partial charge in [-0.3, -0.25) is 4.79 Å². The normalized spacial score (nSPS) is 12.4. The van der Waals surface area contributed by atoms with Crippen LogP contribution in [0.3, 0.4) is 0 Å². The third-order valence-electron chi connectivity index (χ3n) is 3.59. The number of amides is 1. The highest BCUT2D eigenvalue weighted by Gasteiger charge is 2.18. The van der Waals surface area contributed by atoms with Crippen LogP contribution in [0.25, 0.3) is 0 Å². The molecule has 0 radical (unpaired) electrons. The molecular formula is C18H20BrNO5S. The lowest BCUT2D eigenvalue weighted by atomic mass is 10.1. The number of alkyl halides is 1. The van der Waals surface area contributed by atoms with Crippen LogP contribution in [-0.4, -0.2) is 42.5 Å². The van der Waals surface area contributed by atoms with Gasteiger partial charge in [-0.05, 0) is 23.3 Å².